The highest BCUT2D eigenvalue weighted by atomic mass is 79.9. The van der Waals surface area contributed by atoms with Crippen LogP contribution in [0.4, 0.5) is 5.69 Å². The van der Waals surface area contributed by atoms with Gasteiger partial charge in [-0.2, -0.15) is 5.10 Å². The second kappa shape index (κ2) is 6.71. The molecule has 1 amide bonds. The molecule has 8 heteroatoms. The molecule has 1 aromatic carbocycles. The van der Waals surface area contributed by atoms with E-state index >= 15 is 0 Å². The van der Waals surface area contributed by atoms with Gasteiger partial charge in [-0.3, -0.25) is 19.9 Å². The van der Waals surface area contributed by atoms with Gasteiger partial charge in [0.25, 0.3) is 11.6 Å². The third-order valence-corrected chi connectivity index (χ3v) is 3.19. The van der Waals surface area contributed by atoms with Crippen molar-refractivity contribution in [3.8, 4) is 0 Å². The van der Waals surface area contributed by atoms with E-state index in [2.05, 4.69) is 31.4 Å². The average molecular weight is 349 g/mol. The van der Waals surface area contributed by atoms with Crippen molar-refractivity contribution in [3.05, 3.63) is 68.4 Å². The van der Waals surface area contributed by atoms with E-state index < -0.39 is 4.92 Å². The molecule has 2 aromatic rings. The smallest absolute Gasteiger partial charge is 0.267 e. The summed E-state index contributed by atoms with van der Waals surface area (Å²) in [5, 5.41) is 14.4. The number of benzene rings is 1. The summed E-state index contributed by atoms with van der Waals surface area (Å²) in [6, 6.07) is 7.38. The van der Waals surface area contributed by atoms with Gasteiger partial charge >= 0.3 is 0 Å². The number of pyridine rings is 1. The molecular formula is C13H9BrN4O3. The number of rotatable bonds is 4. The zero-order valence-electron chi connectivity index (χ0n) is 10.6. The number of hydrogen-bond acceptors (Lipinski definition) is 5. The van der Waals surface area contributed by atoms with E-state index in [-0.39, 0.29) is 11.6 Å². The van der Waals surface area contributed by atoms with Crippen LogP contribution >= 0.6 is 15.9 Å². The Morgan fingerprint density at radius 1 is 1.33 bits per heavy atom. The standard InChI is InChI=1S/C13H9BrN4O3/c14-12-7-11(18(20)21)2-1-10(12)8-16-17-13(19)9-3-5-15-6-4-9/h1-8H,(H,17,19)/b16-8-. The summed E-state index contributed by atoms with van der Waals surface area (Å²) in [6.07, 6.45) is 4.41. The summed E-state index contributed by atoms with van der Waals surface area (Å²) in [4.78, 5) is 25.6. The molecule has 1 N–H and O–H groups in total. The first-order chi connectivity index (χ1) is 10.1. The lowest BCUT2D eigenvalue weighted by Crippen LogP contribution is -2.17. The second-order valence-corrected chi connectivity index (χ2v) is 4.75. The molecule has 0 radical (unpaired) electrons. The summed E-state index contributed by atoms with van der Waals surface area (Å²) in [7, 11) is 0. The van der Waals surface area contributed by atoms with Gasteiger partial charge in [-0.15, -0.1) is 0 Å². The first kappa shape index (κ1) is 14.8. The highest BCUT2D eigenvalue weighted by Gasteiger charge is 2.08. The van der Waals surface area contributed by atoms with Gasteiger partial charge in [0.15, 0.2) is 0 Å². The lowest BCUT2D eigenvalue weighted by atomic mass is 10.2. The summed E-state index contributed by atoms with van der Waals surface area (Å²) in [5.41, 5.74) is 3.37. The zero-order chi connectivity index (χ0) is 15.2. The Bertz CT molecular complexity index is 704. The number of hydrazone groups is 1. The van der Waals surface area contributed by atoms with Gasteiger partial charge in [0.05, 0.1) is 11.1 Å². The van der Waals surface area contributed by atoms with Gasteiger partial charge in [-0.25, -0.2) is 5.43 Å². The number of nitrogens with one attached hydrogen (secondary N) is 1. The van der Waals surface area contributed by atoms with Crippen LogP contribution < -0.4 is 5.43 Å². The van der Waals surface area contributed by atoms with Crippen LogP contribution in [0.3, 0.4) is 0 Å². The fourth-order valence-electron chi connectivity index (χ4n) is 1.46. The topological polar surface area (TPSA) is 97.5 Å². The maximum atomic E-state index is 11.7. The van der Waals surface area contributed by atoms with Crippen molar-refractivity contribution in [2.75, 3.05) is 0 Å². The lowest BCUT2D eigenvalue weighted by Gasteiger charge is -2.00. The minimum absolute atomic E-state index is 0.0279. The fourth-order valence-corrected chi connectivity index (χ4v) is 1.93. The van der Waals surface area contributed by atoms with E-state index in [1.807, 2.05) is 0 Å². The van der Waals surface area contributed by atoms with Gasteiger partial charge in [-0.05, 0) is 34.1 Å². The van der Waals surface area contributed by atoms with E-state index in [1.165, 1.54) is 36.8 Å². The van der Waals surface area contributed by atoms with Crippen LogP contribution in [0, 0.1) is 10.1 Å². The molecule has 0 bridgehead atoms. The molecule has 0 saturated heterocycles. The van der Waals surface area contributed by atoms with Crippen LogP contribution in [-0.2, 0) is 0 Å². The molecule has 0 unspecified atom stereocenters. The molecule has 7 nitrogen and oxygen atoms in total. The molecule has 0 atom stereocenters. The predicted octanol–water partition coefficient (Wildman–Crippen LogP) is 2.52. The molecule has 0 fully saturated rings. The third kappa shape index (κ3) is 3.93. The third-order valence-electron chi connectivity index (χ3n) is 2.51. The van der Waals surface area contributed by atoms with Crippen molar-refractivity contribution in [1.82, 2.24) is 10.4 Å². The molecule has 106 valence electrons. The molecule has 0 saturated carbocycles. The Morgan fingerprint density at radius 3 is 2.67 bits per heavy atom. The number of hydrogen-bond donors (Lipinski definition) is 1. The Hall–Kier alpha value is -2.61. The Morgan fingerprint density at radius 2 is 2.05 bits per heavy atom. The molecule has 0 aliphatic carbocycles. The molecule has 21 heavy (non-hydrogen) atoms. The van der Waals surface area contributed by atoms with Crippen LogP contribution in [0.1, 0.15) is 15.9 Å². The van der Waals surface area contributed by atoms with Gasteiger partial charge in [-0.1, -0.05) is 0 Å². The van der Waals surface area contributed by atoms with Gasteiger partial charge in [0, 0.05) is 40.1 Å². The zero-order valence-corrected chi connectivity index (χ0v) is 12.1. The SMILES string of the molecule is O=C(N/N=C\c1ccc([N+](=O)[O-])cc1Br)c1ccncc1. The predicted molar refractivity (Wildman–Crippen MR) is 80.1 cm³/mol. The van der Waals surface area contributed by atoms with Gasteiger partial charge in [0.1, 0.15) is 0 Å². The van der Waals surface area contributed by atoms with E-state index in [0.717, 1.165) is 0 Å². The number of non-ortho nitro benzene ring substituents is 1. The molecule has 0 spiro atoms. The number of amides is 1. The van der Waals surface area contributed by atoms with Crippen molar-refractivity contribution in [2.24, 2.45) is 5.10 Å². The number of carbonyl (C=O) groups excluding carboxylic acids is 1. The summed E-state index contributed by atoms with van der Waals surface area (Å²) in [6.45, 7) is 0. The van der Waals surface area contributed by atoms with Crippen LogP contribution in [0.2, 0.25) is 0 Å². The molecular weight excluding hydrogens is 340 g/mol. The largest absolute Gasteiger partial charge is 0.271 e. The highest BCUT2D eigenvalue weighted by molar-refractivity contribution is 9.10. The number of halogens is 1. The highest BCUT2D eigenvalue weighted by Crippen LogP contribution is 2.21. The Kier molecular flexibility index (Phi) is 4.72. The van der Waals surface area contributed by atoms with Crippen LogP contribution in [0.25, 0.3) is 0 Å². The molecule has 1 heterocycles. The number of nitro benzene ring substituents is 1. The van der Waals surface area contributed by atoms with Crippen LogP contribution in [0.15, 0.2) is 52.3 Å². The van der Waals surface area contributed by atoms with E-state index in [1.54, 1.807) is 12.1 Å². The summed E-state index contributed by atoms with van der Waals surface area (Å²) >= 11 is 3.21. The minimum atomic E-state index is -0.489. The lowest BCUT2D eigenvalue weighted by molar-refractivity contribution is -0.384. The number of aromatic nitrogens is 1. The number of nitro groups is 1. The molecule has 0 aliphatic rings. The maximum Gasteiger partial charge on any atom is 0.271 e. The minimum Gasteiger partial charge on any atom is -0.267 e. The van der Waals surface area contributed by atoms with E-state index in [0.29, 0.717) is 15.6 Å². The normalized spacial score (nSPS) is 10.5. The van der Waals surface area contributed by atoms with Crippen LogP contribution in [-0.4, -0.2) is 22.0 Å². The first-order valence-corrected chi connectivity index (χ1v) is 6.54. The van der Waals surface area contributed by atoms with Gasteiger partial charge < -0.3 is 0 Å². The molecule has 2 rings (SSSR count). The van der Waals surface area contributed by atoms with Crippen molar-refractivity contribution in [1.29, 1.82) is 0 Å². The van der Waals surface area contributed by atoms with Crippen LogP contribution in [0.5, 0.6) is 0 Å². The Balaban J connectivity index is 2.05. The van der Waals surface area contributed by atoms with Crippen molar-refractivity contribution < 1.29 is 9.72 Å². The van der Waals surface area contributed by atoms with Crippen molar-refractivity contribution in [3.63, 3.8) is 0 Å². The average Bonchev–Trinajstić information content (AvgIpc) is 2.49. The summed E-state index contributed by atoms with van der Waals surface area (Å²) < 4.78 is 0.513. The Labute approximate surface area is 128 Å². The maximum absolute atomic E-state index is 11.7. The second-order valence-electron chi connectivity index (χ2n) is 3.90. The van der Waals surface area contributed by atoms with E-state index in [4.69, 9.17) is 0 Å². The molecule has 0 aliphatic heterocycles. The fraction of sp³-hybridized carbons (Fsp3) is 0. The van der Waals surface area contributed by atoms with Crippen molar-refractivity contribution >= 4 is 33.7 Å². The monoisotopic (exact) mass is 348 g/mol. The number of nitrogens with zero attached hydrogens (tertiary/aromatic N) is 3. The van der Waals surface area contributed by atoms with Crippen molar-refractivity contribution in [2.45, 2.75) is 0 Å². The summed E-state index contributed by atoms with van der Waals surface area (Å²) in [5.74, 6) is -0.369. The van der Waals surface area contributed by atoms with E-state index in [9.17, 15) is 14.9 Å². The first-order valence-electron chi connectivity index (χ1n) is 5.75. The van der Waals surface area contributed by atoms with Gasteiger partial charge in [0.2, 0.25) is 0 Å². The molecule has 1 aromatic heterocycles. The number of carbonyl (C=O) groups is 1. The quantitative estimate of drug-likeness (QED) is 0.521.